The quantitative estimate of drug-likeness (QED) is 0.502. The van der Waals surface area contributed by atoms with E-state index in [9.17, 15) is 13.2 Å². The molecule has 2 aromatic heterocycles. The predicted molar refractivity (Wildman–Crippen MR) is 110 cm³/mol. The van der Waals surface area contributed by atoms with Gasteiger partial charge in [0.1, 0.15) is 5.75 Å². The Morgan fingerprint density at radius 1 is 0.759 bits per heavy atom. The van der Waals surface area contributed by atoms with Gasteiger partial charge in [-0.1, -0.05) is 45.0 Å². The monoisotopic (exact) mass is 404 g/mol. The van der Waals surface area contributed by atoms with E-state index >= 15 is 0 Å². The molecule has 3 aromatic rings. The van der Waals surface area contributed by atoms with E-state index in [1.807, 2.05) is 43.6 Å². The minimum atomic E-state index is -4.60. The molecule has 1 aromatic carbocycles. The molecule has 0 spiro atoms. The van der Waals surface area contributed by atoms with Crippen LogP contribution in [0, 0.1) is 0 Å². The fourth-order valence-corrected chi connectivity index (χ4v) is 2.14. The summed E-state index contributed by atoms with van der Waals surface area (Å²) in [5.74, 6) is -0.176. The third kappa shape index (κ3) is 11.5. The largest absolute Gasteiger partial charge is 0.573 e. The average Bonchev–Trinajstić information content (AvgIpc) is 2.75. The van der Waals surface area contributed by atoms with Crippen LogP contribution in [0.1, 0.15) is 37.6 Å². The SMILES string of the molecule is CCc1ccc(OC(F)(F)F)cc1.CCc1ccccn1.CCc1cccnc1. The first-order valence-corrected chi connectivity index (χ1v) is 9.51. The highest BCUT2D eigenvalue weighted by atomic mass is 19.4. The normalized spacial score (nSPS) is 10.1. The number of rotatable bonds is 4. The van der Waals surface area contributed by atoms with Crippen molar-refractivity contribution in [3.63, 3.8) is 0 Å². The summed E-state index contributed by atoms with van der Waals surface area (Å²) in [5, 5.41) is 0. The van der Waals surface area contributed by atoms with E-state index in [0.717, 1.165) is 30.5 Å². The smallest absolute Gasteiger partial charge is 0.406 e. The topological polar surface area (TPSA) is 35.0 Å². The van der Waals surface area contributed by atoms with E-state index in [0.29, 0.717) is 0 Å². The van der Waals surface area contributed by atoms with Crippen LogP contribution in [-0.4, -0.2) is 16.3 Å². The Hall–Kier alpha value is -2.89. The number of aryl methyl sites for hydroxylation is 3. The fourth-order valence-electron chi connectivity index (χ4n) is 2.14. The van der Waals surface area contributed by atoms with E-state index in [4.69, 9.17) is 0 Å². The minimum Gasteiger partial charge on any atom is -0.406 e. The van der Waals surface area contributed by atoms with Gasteiger partial charge in [0.05, 0.1) is 0 Å². The van der Waals surface area contributed by atoms with E-state index in [2.05, 4.69) is 34.6 Å². The van der Waals surface area contributed by atoms with Crippen LogP contribution < -0.4 is 4.74 Å². The molecule has 0 fully saturated rings. The third-order valence-electron chi connectivity index (χ3n) is 3.78. The second-order valence-electron chi connectivity index (χ2n) is 5.93. The minimum absolute atomic E-state index is 0.176. The van der Waals surface area contributed by atoms with Crippen molar-refractivity contribution < 1.29 is 17.9 Å². The van der Waals surface area contributed by atoms with Gasteiger partial charge < -0.3 is 4.74 Å². The molecule has 0 aliphatic carbocycles. The molecule has 0 N–H and O–H groups in total. The average molecular weight is 404 g/mol. The van der Waals surface area contributed by atoms with Crippen molar-refractivity contribution in [1.29, 1.82) is 0 Å². The molecule has 0 aliphatic rings. The Kier molecular flexibility index (Phi) is 11.1. The van der Waals surface area contributed by atoms with Crippen LogP contribution in [0.15, 0.2) is 73.2 Å². The number of nitrogens with zero attached hydrogens (tertiary/aromatic N) is 2. The van der Waals surface area contributed by atoms with Gasteiger partial charge in [-0.3, -0.25) is 9.97 Å². The van der Waals surface area contributed by atoms with Gasteiger partial charge >= 0.3 is 6.36 Å². The molecule has 29 heavy (non-hydrogen) atoms. The maximum absolute atomic E-state index is 11.7. The third-order valence-corrected chi connectivity index (χ3v) is 3.78. The molecule has 0 unspecified atom stereocenters. The van der Waals surface area contributed by atoms with Gasteiger partial charge in [0, 0.05) is 24.3 Å². The Morgan fingerprint density at radius 2 is 1.45 bits per heavy atom. The van der Waals surface area contributed by atoms with Gasteiger partial charge in [-0.05, 0) is 60.7 Å². The lowest BCUT2D eigenvalue weighted by atomic mass is 10.2. The summed E-state index contributed by atoms with van der Waals surface area (Å²) in [4.78, 5) is 8.05. The number of aromatic nitrogens is 2. The van der Waals surface area contributed by atoms with Crippen molar-refractivity contribution in [2.75, 3.05) is 0 Å². The molecule has 0 aliphatic heterocycles. The highest BCUT2D eigenvalue weighted by Crippen LogP contribution is 2.22. The number of hydrogen-bond donors (Lipinski definition) is 0. The molecule has 0 saturated carbocycles. The maximum atomic E-state index is 11.7. The van der Waals surface area contributed by atoms with Gasteiger partial charge in [0.2, 0.25) is 0 Å². The Morgan fingerprint density at radius 3 is 1.83 bits per heavy atom. The predicted octanol–water partition coefficient (Wildman–Crippen LogP) is 6.44. The molecule has 3 rings (SSSR count). The lowest BCUT2D eigenvalue weighted by molar-refractivity contribution is -0.274. The summed E-state index contributed by atoms with van der Waals surface area (Å²) >= 11 is 0. The highest BCUT2D eigenvalue weighted by Gasteiger charge is 2.30. The first kappa shape index (κ1) is 24.1. The molecule has 6 heteroatoms. The molecule has 0 amide bonds. The zero-order valence-electron chi connectivity index (χ0n) is 17.0. The maximum Gasteiger partial charge on any atom is 0.573 e. The molecular weight excluding hydrogens is 377 g/mol. The summed E-state index contributed by atoms with van der Waals surface area (Å²) in [6, 6.07) is 15.8. The van der Waals surface area contributed by atoms with Gasteiger partial charge in [0.25, 0.3) is 0 Å². The fraction of sp³-hybridized carbons (Fsp3) is 0.304. The Labute approximate surface area is 170 Å². The van der Waals surface area contributed by atoms with Gasteiger partial charge in [-0.2, -0.15) is 0 Å². The summed E-state index contributed by atoms with van der Waals surface area (Å²) in [7, 11) is 0. The van der Waals surface area contributed by atoms with Crippen LogP contribution in [0.5, 0.6) is 5.75 Å². The van der Waals surface area contributed by atoms with E-state index in [-0.39, 0.29) is 5.75 Å². The van der Waals surface area contributed by atoms with Crippen LogP contribution in [0.3, 0.4) is 0 Å². The van der Waals surface area contributed by atoms with Crippen LogP contribution in [-0.2, 0) is 19.3 Å². The van der Waals surface area contributed by atoms with Crippen LogP contribution in [0.4, 0.5) is 13.2 Å². The summed E-state index contributed by atoms with van der Waals surface area (Å²) in [6.45, 7) is 6.15. The van der Waals surface area contributed by atoms with Crippen LogP contribution >= 0.6 is 0 Å². The van der Waals surface area contributed by atoms with Gasteiger partial charge in [-0.25, -0.2) is 0 Å². The summed E-state index contributed by atoms with van der Waals surface area (Å²) in [5.41, 5.74) is 3.44. The zero-order valence-corrected chi connectivity index (χ0v) is 17.0. The van der Waals surface area contributed by atoms with Crippen molar-refractivity contribution in [2.24, 2.45) is 0 Å². The number of alkyl halides is 3. The molecule has 0 atom stereocenters. The molecule has 2 heterocycles. The van der Waals surface area contributed by atoms with Crippen molar-refractivity contribution in [3.8, 4) is 5.75 Å². The second-order valence-corrected chi connectivity index (χ2v) is 5.93. The van der Waals surface area contributed by atoms with E-state index in [1.165, 1.54) is 17.7 Å². The first-order valence-electron chi connectivity index (χ1n) is 9.51. The molecule has 156 valence electrons. The van der Waals surface area contributed by atoms with E-state index < -0.39 is 6.36 Å². The molecule has 0 radical (unpaired) electrons. The summed E-state index contributed by atoms with van der Waals surface area (Å²) in [6.07, 6.45) is 3.80. The molecule has 0 saturated heterocycles. The Balaban J connectivity index is 0.000000228. The lowest BCUT2D eigenvalue weighted by Gasteiger charge is -2.08. The van der Waals surface area contributed by atoms with Crippen LogP contribution in [0.2, 0.25) is 0 Å². The van der Waals surface area contributed by atoms with Crippen molar-refractivity contribution in [1.82, 2.24) is 9.97 Å². The first-order chi connectivity index (χ1) is 13.9. The number of ether oxygens (including phenoxy) is 1. The van der Waals surface area contributed by atoms with E-state index in [1.54, 1.807) is 18.3 Å². The number of hydrogen-bond acceptors (Lipinski definition) is 3. The van der Waals surface area contributed by atoms with Gasteiger partial charge in [-0.15, -0.1) is 13.2 Å². The number of halogens is 3. The molecule has 0 bridgehead atoms. The van der Waals surface area contributed by atoms with Gasteiger partial charge in [0.15, 0.2) is 0 Å². The van der Waals surface area contributed by atoms with Crippen molar-refractivity contribution in [2.45, 2.75) is 46.4 Å². The lowest BCUT2D eigenvalue weighted by Crippen LogP contribution is -2.16. The van der Waals surface area contributed by atoms with Crippen molar-refractivity contribution >= 4 is 0 Å². The standard InChI is InChI=1S/C9H9F3O.2C7H9N/c1-2-7-3-5-8(6-4-7)13-9(10,11)12;1-2-7-4-3-5-8-6-7;1-2-7-5-3-4-6-8-7/h3-6H,2H2,1H3;2*3-6H,2H2,1H3. The van der Waals surface area contributed by atoms with Crippen LogP contribution in [0.25, 0.3) is 0 Å². The molecule has 3 nitrogen and oxygen atoms in total. The number of pyridine rings is 2. The molecular formula is C23H27F3N2O. The van der Waals surface area contributed by atoms with Crippen molar-refractivity contribution in [3.05, 3.63) is 90.0 Å². The summed E-state index contributed by atoms with van der Waals surface area (Å²) < 4.78 is 38.8. The second kappa shape index (κ2) is 13.3. The number of benzene rings is 1. The highest BCUT2D eigenvalue weighted by molar-refractivity contribution is 5.27. The Bertz CT molecular complexity index is 737. The zero-order chi connectivity index (χ0) is 21.5.